The molecule has 23 heavy (non-hydrogen) atoms. The van der Waals surface area contributed by atoms with Crippen molar-refractivity contribution in [2.24, 2.45) is 0 Å². The summed E-state index contributed by atoms with van der Waals surface area (Å²) in [5, 5.41) is 20.2. The molecule has 0 unspecified atom stereocenters. The van der Waals surface area contributed by atoms with Crippen molar-refractivity contribution >= 4 is 11.6 Å². The second kappa shape index (κ2) is 6.74. The summed E-state index contributed by atoms with van der Waals surface area (Å²) in [4.78, 5) is 11.9. The number of hydrogen-bond donors (Lipinski definition) is 2. The van der Waals surface area contributed by atoms with E-state index in [9.17, 15) is 9.90 Å². The third-order valence-electron chi connectivity index (χ3n) is 3.32. The quantitative estimate of drug-likeness (QED) is 0.759. The summed E-state index contributed by atoms with van der Waals surface area (Å²) in [5.74, 6) is 0.141. The number of hydrogen-bond acceptors (Lipinski definition) is 4. The first kappa shape index (κ1) is 14.8. The number of amides is 1. The Balaban J connectivity index is 1.57. The molecule has 2 N–H and O–H groups in total. The summed E-state index contributed by atoms with van der Waals surface area (Å²) >= 11 is 0. The molecule has 1 amide bonds. The lowest BCUT2D eigenvalue weighted by atomic mass is 10.2. The maximum Gasteiger partial charge on any atom is 0.224 e. The topological polar surface area (TPSA) is 80.0 Å². The molecule has 0 atom stereocenters. The Morgan fingerprint density at radius 1 is 1.09 bits per heavy atom. The number of phenols is 1. The first-order valence-corrected chi connectivity index (χ1v) is 7.26. The molecule has 0 spiro atoms. The average molecular weight is 308 g/mol. The van der Waals surface area contributed by atoms with E-state index in [1.165, 1.54) is 0 Å². The molecule has 3 rings (SSSR count). The van der Waals surface area contributed by atoms with Crippen LogP contribution in [0.3, 0.4) is 0 Å². The molecule has 0 saturated heterocycles. The lowest BCUT2D eigenvalue weighted by molar-refractivity contribution is -0.116. The summed E-state index contributed by atoms with van der Waals surface area (Å²) in [6, 6.07) is 16.0. The van der Waals surface area contributed by atoms with Crippen LogP contribution in [-0.4, -0.2) is 26.0 Å². The Hall–Kier alpha value is -3.15. The van der Waals surface area contributed by atoms with E-state index in [4.69, 9.17) is 0 Å². The van der Waals surface area contributed by atoms with Gasteiger partial charge in [0, 0.05) is 18.5 Å². The van der Waals surface area contributed by atoms with E-state index in [2.05, 4.69) is 15.6 Å². The van der Waals surface area contributed by atoms with Gasteiger partial charge in [0.25, 0.3) is 0 Å². The maximum absolute atomic E-state index is 11.9. The molecule has 0 aliphatic rings. The van der Waals surface area contributed by atoms with Crippen LogP contribution in [0.4, 0.5) is 5.69 Å². The number of aromatic nitrogens is 3. The van der Waals surface area contributed by atoms with Gasteiger partial charge in [0.05, 0.1) is 17.6 Å². The molecule has 0 fully saturated rings. The van der Waals surface area contributed by atoms with Gasteiger partial charge >= 0.3 is 0 Å². The number of aryl methyl sites for hydroxylation is 1. The van der Waals surface area contributed by atoms with Crippen LogP contribution in [-0.2, 0) is 11.2 Å². The van der Waals surface area contributed by atoms with Gasteiger partial charge in [-0.3, -0.25) is 4.79 Å². The second-order valence-corrected chi connectivity index (χ2v) is 5.09. The molecule has 6 heteroatoms. The fourth-order valence-corrected chi connectivity index (χ4v) is 2.13. The maximum atomic E-state index is 11.9. The Labute approximate surface area is 133 Å². The lowest BCUT2D eigenvalue weighted by Gasteiger charge is -2.03. The van der Waals surface area contributed by atoms with Gasteiger partial charge in [-0.05, 0) is 36.4 Å². The van der Waals surface area contributed by atoms with Gasteiger partial charge in [-0.25, -0.2) is 4.68 Å². The molecule has 0 aliphatic heterocycles. The zero-order valence-corrected chi connectivity index (χ0v) is 12.4. The number of carbonyl (C=O) groups excluding carboxylic acids is 1. The molecule has 1 heterocycles. The Morgan fingerprint density at radius 2 is 1.83 bits per heavy atom. The molecular formula is C17H16N4O2. The highest BCUT2D eigenvalue weighted by Crippen LogP contribution is 2.13. The summed E-state index contributed by atoms with van der Waals surface area (Å²) in [5.41, 5.74) is 2.32. The fourth-order valence-electron chi connectivity index (χ4n) is 2.13. The third kappa shape index (κ3) is 3.94. The third-order valence-corrected chi connectivity index (χ3v) is 3.32. The van der Waals surface area contributed by atoms with Gasteiger partial charge in [-0.15, -0.1) is 5.10 Å². The molecule has 116 valence electrons. The molecule has 3 aromatic rings. The van der Waals surface area contributed by atoms with Gasteiger partial charge in [-0.1, -0.05) is 23.4 Å². The SMILES string of the molecule is O=C(CCc1cn(-c2ccc(O)cc2)nn1)Nc1ccccc1. The smallest absolute Gasteiger partial charge is 0.224 e. The minimum Gasteiger partial charge on any atom is -0.508 e. The van der Waals surface area contributed by atoms with Crippen LogP contribution in [0.15, 0.2) is 60.8 Å². The standard InChI is InChI=1S/C17H16N4O2/c22-16-9-7-15(8-10-16)21-12-14(19-20-21)6-11-17(23)18-13-4-2-1-3-5-13/h1-5,7-10,12,22H,6,11H2,(H,18,23). The van der Waals surface area contributed by atoms with Gasteiger partial charge in [-0.2, -0.15) is 0 Å². The van der Waals surface area contributed by atoms with Crippen LogP contribution in [0.5, 0.6) is 5.75 Å². The molecule has 0 saturated carbocycles. The van der Waals surface area contributed by atoms with Crippen molar-refractivity contribution in [1.82, 2.24) is 15.0 Å². The minimum atomic E-state index is -0.0598. The Bertz CT molecular complexity index is 782. The van der Waals surface area contributed by atoms with E-state index >= 15 is 0 Å². The number of rotatable bonds is 5. The van der Waals surface area contributed by atoms with Gasteiger partial charge in [0.15, 0.2) is 0 Å². The van der Waals surface area contributed by atoms with Gasteiger partial charge in [0.1, 0.15) is 5.75 Å². The summed E-state index contributed by atoms with van der Waals surface area (Å²) in [6.07, 6.45) is 2.63. The van der Waals surface area contributed by atoms with Gasteiger partial charge in [0.2, 0.25) is 5.91 Å². The van der Waals surface area contributed by atoms with Crippen molar-refractivity contribution in [1.29, 1.82) is 0 Å². The number of phenolic OH excluding ortho intramolecular Hbond substituents is 1. The molecule has 0 bridgehead atoms. The number of aromatic hydroxyl groups is 1. The largest absolute Gasteiger partial charge is 0.508 e. The van der Waals surface area contributed by atoms with Crippen molar-refractivity contribution in [3.05, 3.63) is 66.5 Å². The van der Waals surface area contributed by atoms with E-state index < -0.39 is 0 Å². The fraction of sp³-hybridized carbons (Fsp3) is 0.118. The molecule has 1 aromatic heterocycles. The minimum absolute atomic E-state index is 0.0598. The predicted octanol–water partition coefficient (Wildman–Crippen LogP) is 2.54. The Morgan fingerprint density at radius 3 is 2.57 bits per heavy atom. The molecule has 0 aliphatic carbocycles. The van der Waals surface area contributed by atoms with Crippen molar-refractivity contribution in [2.45, 2.75) is 12.8 Å². The summed E-state index contributed by atoms with van der Waals surface area (Å²) in [6.45, 7) is 0. The summed E-state index contributed by atoms with van der Waals surface area (Å²) < 4.78 is 1.61. The summed E-state index contributed by atoms with van der Waals surface area (Å²) in [7, 11) is 0. The number of benzene rings is 2. The van der Waals surface area contributed by atoms with Crippen molar-refractivity contribution in [3.63, 3.8) is 0 Å². The van der Waals surface area contributed by atoms with Crippen molar-refractivity contribution in [3.8, 4) is 11.4 Å². The highest BCUT2D eigenvalue weighted by molar-refractivity contribution is 5.90. The Kier molecular flexibility index (Phi) is 4.33. The number of nitrogens with one attached hydrogen (secondary N) is 1. The van der Waals surface area contributed by atoms with E-state index in [1.54, 1.807) is 35.1 Å². The number of para-hydroxylation sites is 1. The van der Waals surface area contributed by atoms with Crippen LogP contribution in [0.1, 0.15) is 12.1 Å². The second-order valence-electron chi connectivity index (χ2n) is 5.09. The highest BCUT2D eigenvalue weighted by Gasteiger charge is 2.07. The van der Waals surface area contributed by atoms with E-state index in [0.29, 0.717) is 12.8 Å². The predicted molar refractivity (Wildman–Crippen MR) is 86.4 cm³/mol. The van der Waals surface area contributed by atoms with E-state index in [1.807, 2.05) is 30.3 Å². The van der Waals surface area contributed by atoms with E-state index in [-0.39, 0.29) is 11.7 Å². The lowest BCUT2D eigenvalue weighted by Crippen LogP contribution is -2.12. The molecule has 6 nitrogen and oxygen atoms in total. The first-order chi connectivity index (χ1) is 11.2. The number of nitrogens with zero attached hydrogens (tertiary/aromatic N) is 3. The normalized spacial score (nSPS) is 10.4. The van der Waals surface area contributed by atoms with Crippen molar-refractivity contribution < 1.29 is 9.90 Å². The first-order valence-electron chi connectivity index (χ1n) is 7.26. The molecule has 0 radical (unpaired) electrons. The van der Waals surface area contributed by atoms with Crippen LogP contribution in [0, 0.1) is 0 Å². The van der Waals surface area contributed by atoms with Crippen molar-refractivity contribution in [2.75, 3.05) is 5.32 Å². The monoisotopic (exact) mass is 308 g/mol. The molecular weight excluding hydrogens is 292 g/mol. The number of carbonyl (C=O) groups is 1. The molecule has 2 aromatic carbocycles. The van der Waals surface area contributed by atoms with Crippen LogP contribution in [0.25, 0.3) is 5.69 Å². The van der Waals surface area contributed by atoms with Gasteiger partial charge < -0.3 is 10.4 Å². The van der Waals surface area contributed by atoms with Crippen LogP contribution < -0.4 is 5.32 Å². The van der Waals surface area contributed by atoms with E-state index in [0.717, 1.165) is 17.1 Å². The number of anilines is 1. The zero-order chi connectivity index (χ0) is 16.1. The highest BCUT2D eigenvalue weighted by atomic mass is 16.3. The van der Waals surface area contributed by atoms with Crippen LogP contribution >= 0.6 is 0 Å². The van der Waals surface area contributed by atoms with Crippen LogP contribution in [0.2, 0.25) is 0 Å². The average Bonchev–Trinajstić information content (AvgIpc) is 3.04. The zero-order valence-electron chi connectivity index (χ0n) is 12.4.